The van der Waals surface area contributed by atoms with Gasteiger partial charge >= 0.3 is 6.03 Å². The Bertz CT molecular complexity index is 1090. The average molecular weight is 633 g/mol. The van der Waals surface area contributed by atoms with Gasteiger partial charge in [-0.2, -0.15) is 4.57 Å². The van der Waals surface area contributed by atoms with Crippen LogP contribution in [0.5, 0.6) is 11.5 Å². The van der Waals surface area contributed by atoms with Crippen LogP contribution < -0.4 is 41.7 Å². The van der Waals surface area contributed by atoms with E-state index in [0.717, 1.165) is 30.6 Å². The van der Waals surface area contributed by atoms with Crippen molar-refractivity contribution in [3.05, 3.63) is 65.1 Å². The average Bonchev–Trinajstić information content (AvgIpc) is 3.45. The Morgan fingerprint density at radius 3 is 2.20 bits per heavy atom. The van der Waals surface area contributed by atoms with E-state index in [4.69, 9.17) is 9.47 Å². The van der Waals surface area contributed by atoms with E-state index >= 15 is 0 Å². The molecule has 1 aromatic heterocycles. The molecule has 3 aromatic rings. The third-order valence-corrected chi connectivity index (χ3v) is 7.44. The second-order valence-corrected chi connectivity index (χ2v) is 10.8. The van der Waals surface area contributed by atoms with Crippen molar-refractivity contribution in [2.24, 2.45) is 0 Å². The maximum Gasteiger partial charge on any atom is 0.323 e. The van der Waals surface area contributed by atoms with Gasteiger partial charge < -0.3 is 37.1 Å². The number of rotatable bonds is 19. The summed E-state index contributed by atoms with van der Waals surface area (Å²) in [6.45, 7) is 3.62. The maximum atomic E-state index is 12.8. The summed E-state index contributed by atoms with van der Waals surface area (Å²) in [5.74, 6) is 1.18. The van der Waals surface area contributed by atoms with Crippen LogP contribution in [-0.2, 0) is 6.54 Å². The monoisotopic (exact) mass is 631 g/mol. The predicted molar refractivity (Wildman–Crippen MR) is 162 cm³/mol. The highest BCUT2D eigenvalue weighted by atomic mass is 79.9. The van der Waals surface area contributed by atoms with Crippen molar-refractivity contribution < 1.29 is 35.8 Å². The molecule has 0 atom stereocenters. The number of hydrogen-bond donors (Lipinski definition) is 2. The number of halogens is 1. The molecule has 3 rings (SSSR count). The topological polar surface area (TPSA) is 63.5 Å². The molecule has 6 nitrogen and oxygen atoms in total. The van der Waals surface area contributed by atoms with Crippen LogP contribution in [0.25, 0.3) is 0 Å². The largest absolute Gasteiger partial charge is 1.00 e. The van der Waals surface area contributed by atoms with E-state index in [2.05, 4.69) is 33.7 Å². The number of amides is 2. The van der Waals surface area contributed by atoms with Crippen molar-refractivity contribution in [1.82, 2.24) is 0 Å². The lowest BCUT2D eigenvalue weighted by molar-refractivity contribution is -0.683. The Morgan fingerprint density at radius 1 is 0.875 bits per heavy atom. The van der Waals surface area contributed by atoms with Gasteiger partial charge in [-0.3, -0.25) is 0 Å². The van der Waals surface area contributed by atoms with Crippen LogP contribution in [0, 0.1) is 0 Å². The highest BCUT2D eigenvalue weighted by Gasteiger charge is 2.14. The van der Waals surface area contributed by atoms with Gasteiger partial charge in [0.05, 0.1) is 24.8 Å². The molecular formula is C32H46BrN3O3S. The summed E-state index contributed by atoms with van der Waals surface area (Å²) < 4.78 is 13.7. The van der Waals surface area contributed by atoms with Crippen LogP contribution >= 0.6 is 11.3 Å². The summed E-state index contributed by atoms with van der Waals surface area (Å²) in [7, 11) is 1.62. The SMILES string of the molecule is CCCCCCCCCCCCCCOc1c(NC(=O)Nc2cccc(C[n+]3ccsc3)c2)cccc1OC.[Br-]. The van der Waals surface area contributed by atoms with Crippen LogP contribution in [0.3, 0.4) is 0 Å². The van der Waals surface area contributed by atoms with Crippen LogP contribution in [0.1, 0.15) is 89.5 Å². The first-order valence-corrected chi connectivity index (χ1v) is 15.5. The first-order chi connectivity index (χ1) is 19.2. The molecular weight excluding hydrogens is 586 g/mol. The van der Waals surface area contributed by atoms with E-state index < -0.39 is 0 Å². The summed E-state index contributed by atoms with van der Waals surface area (Å²) in [4.78, 5) is 12.8. The first kappa shape index (κ1) is 33.6. The summed E-state index contributed by atoms with van der Waals surface area (Å²) in [5.41, 5.74) is 4.51. The van der Waals surface area contributed by atoms with E-state index in [1.165, 1.54) is 64.2 Å². The molecule has 220 valence electrons. The maximum absolute atomic E-state index is 12.8. The van der Waals surface area contributed by atoms with Gasteiger partial charge in [0, 0.05) is 11.3 Å². The molecule has 0 aliphatic heterocycles. The molecule has 0 bridgehead atoms. The Balaban J connectivity index is 0.00000560. The molecule has 0 aliphatic rings. The number of methoxy groups -OCH3 is 1. The number of carbonyl (C=O) groups excluding carboxylic acids is 1. The Morgan fingerprint density at radius 2 is 1.55 bits per heavy atom. The van der Waals surface area contributed by atoms with Crippen LogP contribution in [0.4, 0.5) is 16.2 Å². The lowest BCUT2D eigenvalue weighted by Crippen LogP contribution is -3.00. The number of hydrogen-bond acceptors (Lipinski definition) is 4. The number of nitrogens with one attached hydrogen (secondary N) is 2. The third kappa shape index (κ3) is 12.7. The molecule has 0 fully saturated rings. The summed E-state index contributed by atoms with van der Waals surface area (Å²) >= 11 is 1.66. The molecule has 2 N–H and O–H groups in total. The fraction of sp³-hybridized carbons (Fsp3) is 0.500. The number of ether oxygens (including phenoxy) is 2. The summed E-state index contributed by atoms with van der Waals surface area (Å²) in [6, 6.07) is 13.1. The highest BCUT2D eigenvalue weighted by molar-refractivity contribution is 7.07. The Hall–Kier alpha value is -2.58. The molecule has 0 saturated carbocycles. The smallest absolute Gasteiger partial charge is 0.323 e. The van der Waals surface area contributed by atoms with Crippen molar-refractivity contribution in [2.45, 2.75) is 90.5 Å². The molecule has 0 radical (unpaired) electrons. The van der Waals surface area contributed by atoms with Gasteiger partial charge in [-0.15, -0.1) is 0 Å². The normalized spacial score (nSPS) is 10.6. The second kappa shape index (κ2) is 20.3. The van der Waals surface area contributed by atoms with Gasteiger partial charge in [-0.1, -0.05) is 107 Å². The van der Waals surface area contributed by atoms with E-state index in [0.29, 0.717) is 23.8 Å². The van der Waals surface area contributed by atoms with Gasteiger partial charge in [-0.05, 0) is 30.7 Å². The number of anilines is 2. The van der Waals surface area contributed by atoms with Gasteiger partial charge in [0.1, 0.15) is 0 Å². The molecule has 40 heavy (non-hydrogen) atoms. The Kier molecular flexibility index (Phi) is 17.1. The number of benzene rings is 2. The molecule has 2 aromatic carbocycles. The van der Waals surface area contributed by atoms with Gasteiger partial charge in [-0.25, -0.2) is 4.79 Å². The molecule has 0 unspecified atom stereocenters. The molecule has 2 amide bonds. The fourth-order valence-corrected chi connectivity index (χ4v) is 5.23. The quantitative estimate of drug-likeness (QED) is 0.129. The lowest BCUT2D eigenvalue weighted by atomic mass is 10.1. The number of nitrogens with zero attached hydrogens (tertiary/aromatic N) is 1. The first-order valence-electron chi connectivity index (χ1n) is 14.6. The van der Waals surface area contributed by atoms with Gasteiger partial charge in [0.15, 0.2) is 24.2 Å². The number of carbonyl (C=O) groups is 1. The molecule has 0 spiro atoms. The van der Waals surface area contributed by atoms with E-state index in [1.807, 2.05) is 48.0 Å². The zero-order valence-corrected chi connectivity index (χ0v) is 26.5. The molecule has 8 heteroatoms. The van der Waals surface area contributed by atoms with Crippen molar-refractivity contribution in [1.29, 1.82) is 0 Å². The van der Waals surface area contributed by atoms with Gasteiger partial charge in [0.25, 0.3) is 0 Å². The van der Waals surface area contributed by atoms with Gasteiger partial charge in [0.2, 0.25) is 5.51 Å². The van der Waals surface area contributed by atoms with Crippen molar-refractivity contribution in [3.8, 4) is 11.5 Å². The summed E-state index contributed by atoms with van der Waals surface area (Å²) in [5, 5.41) is 7.92. The minimum atomic E-state index is -0.321. The van der Waals surface area contributed by atoms with E-state index in [9.17, 15) is 4.79 Å². The van der Waals surface area contributed by atoms with Crippen molar-refractivity contribution in [2.75, 3.05) is 24.4 Å². The molecule has 1 heterocycles. The predicted octanol–water partition coefficient (Wildman–Crippen LogP) is 5.82. The van der Waals surface area contributed by atoms with Crippen molar-refractivity contribution in [3.63, 3.8) is 0 Å². The third-order valence-electron chi connectivity index (χ3n) is 6.77. The van der Waals surface area contributed by atoms with Crippen LogP contribution in [0.2, 0.25) is 0 Å². The molecule has 0 aliphatic carbocycles. The molecule has 0 saturated heterocycles. The highest BCUT2D eigenvalue weighted by Crippen LogP contribution is 2.35. The van der Waals surface area contributed by atoms with E-state index in [1.54, 1.807) is 18.4 Å². The van der Waals surface area contributed by atoms with Crippen LogP contribution in [0.15, 0.2) is 59.6 Å². The number of aromatic nitrogens is 1. The second-order valence-electron chi connectivity index (χ2n) is 10.1. The number of unbranched alkanes of at least 4 members (excludes halogenated alkanes) is 11. The standard InChI is InChI=1S/C32H45N3O3S.BrH/c1-3-4-5-6-7-8-9-10-11-12-13-14-22-38-31-29(19-16-20-30(31)37-2)34-32(36)33-28-18-15-17-27(24-28)25-35-21-23-39-26-35;/h15-21,23-24,26H,3-14,22,25H2,1-2H3,(H-,33,34,36);1H. The van der Waals surface area contributed by atoms with Crippen molar-refractivity contribution >= 4 is 28.7 Å². The number of thiazole rings is 1. The Labute approximate surface area is 255 Å². The fourth-order valence-electron chi connectivity index (χ4n) is 4.64. The zero-order valence-electron chi connectivity index (χ0n) is 24.1. The van der Waals surface area contributed by atoms with Crippen LogP contribution in [-0.4, -0.2) is 19.7 Å². The number of urea groups is 1. The number of para-hydroxylation sites is 1. The minimum absolute atomic E-state index is 0. The van der Waals surface area contributed by atoms with E-state index in [-0.39, 0.29) is 23.0 Å². The summed E-state index contributed by atoms with van der Waals surface area (Å²) in [6.07, 6.45) is 17.7. The lowest BCUT2D eigenvalue weighted by Gasteiger charge is -2.16. The minimum Gasteiger partial charge on any atom is -1.00 e. The zero-order chi connectivity index (χ0) is 27.5.